The van der Waals surface area contributed by atoms with Crippen LogP contribution in [0.4, 0.5) is 10.1 Å². The van der Waals surface area contributed by atoms with Gasteiger partial charge >= 0.3 is 0 Å². The van der Waals surface area contributed by atoms with E-state index in [9.17, 15) is 4.39 Å². The molecular formula is C16H16Br2FNO. The van der Waals surface area contributed by atoms with Gasteiger partial charge in [-0.25, -0.2) is 4.39 Å². The van der Waals surface area contributed by atoms with E-state index in [1.807, 2.05) is 12.1 Å². The van der Waals surface area contributed by atoms with Crippen LogP contribution in [0.15, 0.2) is 45.3 Å². The normalized spacial score (nSPS) is 10.5. The molecule has 0 amide bonds. The van der Waals surface area contributed by atoms with E-state index in [2.05, 4.69) is 44.1 Å². The Morgan fingerprint density at radius 2 is 1.86 bits per heavy atom. The predicted octanol–water partition coefficient (Wildman–Crippen LogP) is 5.75. The van der Waals surface area contributed by atoms with Crippen molar-refractivity contribution in [1.82, 2.24) is 0 Å². The summed E-state index contributed by atoms with van der Waals surface area (Å²) in [6, 6.07) is 10.3. The van der Waals surface area contributed by atoms with Gasteiger partial charge in [0, 0.05) is 22.3 Å². The molecule has 0 heterocycles. The van der Waals surface area contributed by atoms with Crippen LogP contribution in [0.1, 0.15) is 18.9 Å². The van der Waals surface area contributed by atoms with Crippen molar-refractivity contribution in [3.63, 3.8) is 0 Å². The highest BCUT2D eigenvalue weighted by Crippen LogP contribution is 2.33. The molecule has 2 aromatic carbocycles. The van der Waals surface area contributed by atoms with Gasteiger partial charge in [0.1, 0.15) is 11.6 Å². The van der Waals surface area contributed by atoms with Crippen molar-refractivity contribution < 1.29 is 9.13 Å². The Kier molecular flexibility index (Phi) is 6.06. The lowest BCUT2D eigenvalue weighted by Gasteiger charge is -2.15. The Bertz CT molecular complexity index is 602. The average molecular weight is 417 g/mol. The largest absolute Gasteiger partial charge is 0.492 e. The summed E-state index contributed by atoms with van der Waals surface area (Å²) in [5, 5.41) is 3.27. The van der Waals surface area contributed by atoms with Gasteiger partial charge in [-0.05, 0) is 58.7 Å². The lowest BCUT2D eigenvalue weighted by molar-refractivity contribution is 0.312. The maximum absolute atomic E-state index is 12.9. The third kappa shape index (κ3) is 4.71. The Morgan fingerprint density at radius 1 is 1.14 bits per heavy atom. The molecule has 21 heavy (non-hydrogen) atoms. The first-order chi connectivity index (χ1) is 10.1. The van der Waals surface area contributed by atoms with E-state index in [1.165, 1.54) is 12.1 Å². The van der Waals surface area contributed by atoms with Gasteiger partial charge < -0.3 is 10.1 Å². The molecule has 0 fully saturated rings. The lowest BCUT2D eigenvalue weighted by atomic mass is 10.2. The standard InChI is InChI=1S/C16H16Br2FNO/c1-2-7-21-16-11(8-12(17)9-15(16)18)10-20-14-5-3-13(19)4-6-14/h3-6,8-9,20H,2,7,10H2,1H3. The number of rotatable bonds is 6. The van der Waals surface area contributed by atoms with Crippen molar-refractivity contribution >= 4 is 37.5 Å². The first-order valence-corrected chi connectivity index (χ1v) is 8.29. The summed E-state index contributed by atoms with van der Waals surface area (Å²) in [6.45, 7) is 3.34. The number of ether oxygens (including phenoxy) is 1. The van der Waals surface area contributed by atoms with Crippen LogP contribution in [0.3, 0.4) is 0 Å². The number of halogens is 3. The molecule has 0 unspecified atom stereocenters. The molecule has 2 rings (SSSR count). The van der Waals surface area contributed by atoms with Gasteiger partial charge in [0.2, 0.25) is 0 Å². The number of hydrogen-bond donors (Lipinski definition) is 1. The molecule has 0 bridgehead atoms. The quantitative estimate of drug-likeness (QED) is 0.647. The molecule has 2 nitrogen and oxygen atoms in total. The summed E-state index contributed by atoms with van der Waals surface area (Å²) in [5.74, 6) is 0.604. The highest BCUT2D eigenvalue weighted by atomic mass is 79.9. The molecule has 0 aliphatic rings. The van der Waals surface area contributed by atoms with Crippen molar-refractivity contribution in [1.29, 1.82) is 0 Å². The van der Waals surface area contributed by atoms with Crippen molar-refractivity contribution in [3.8, 4) is 5.75 Å². The van der Waals surface area contributed by atoms with E-state index >= 15 is 0 Å². The summed E-state index contributed by atoms with van der Waals surface area (Å²) in [7, 11) is 0. The summed E-state index contributed by atoms with van der Waals surface area (Å²) >= 11 is 7.02. The topological polar surface area (TPSA) is 21.3 Å². The third-order valence-electron chi connectivity index (χ3n) is 2.86. The number of hydrogen-bond acceptors (Lipinski definition) is 2. The van der Waals surface area contributed by atoms with Crippen LogP contribution < -0.4 is 10.1 Å². The van der Waals surface area contributed by atoms with Gasteiger partial charge in [-0.2, -0.15) is 0 Å². The second-order valence-corrected chi connectivity index (χ2v) is 6.35. The summed E-state index contributed by atoms with van der Waals surface area (Å²) in [4.78, 5) is 0. The first-order valence-electron chi connectivity index (χ1n) is 6.70. The van der Waals surface area contributed by atoms with Crippen molar-refractivity contribution in [2.45, 2.75) is 19.9 Å². The highest BCUT2D eigenvalue weighted by Gasteiger charge is 2.10. The molecule has 0 aliphatic carbocycles. The molecule has 1 N–H and O–H groups in total. The Hall–Kier alpha value is -1.07. The molecule has 0 spiro atoms. The fourth-order valence-corrected chi connectivity index (χ4v) is 3.30. The van der Waals surface area contributed by atoms with Crippen LogP contribution >= 0.6 is 31.9 Å². The number of benzene rings is 2. The fraction of sp³-hybridized carbons (Fsp3) is 0.250. The van der Waals surface area contributed by atoms with E-state index in [4.69, 9.17) is 4.74 Å². The van der Waals surface area contributed by atoms with Crippen molar-refractivity contribution in [3.05, 3.63) is 56.7 Å². The van der Waals surface area contributed by atoms with E-state index in [-0.39, 0.29) is 5.82 Å². The van der Waals surface area contributed by atoms with E-state index < -0.39 is 0 Å². The van der Waals surface area contributed by atoms with Gasteiger partial charge in [-0.15, -0.1) is 0 Å². The molecule has 0 saturated carbocycles. The molecule has 112 valence electrons. The van der Waals surface area contributed by atoms with Crippen LogP contribution in [0.5, 0.6) is 5.75 Å². The fourth-order valence-electron chi connectivity index (χ4n) is 1.88. The molecule has 0 atom stereocenters. The van der Waals surface area contributed by atoms with E-state index in [1.54, 1.807) is 12.1 Å². The zero-order valence-corrected chi connectivity index (χ0v) is 14.8. The minimum absolute atomic E-state index is 0.238. The van der Waals surface area contributed by atoms with Crippen LogP contribution in [-0.4, -0.2) is 6.61 Å². The SMILES string of the molecule is CCCOc1c(Br)cc(Br)cc1CNc1ccc(F)cc1. The lowest BCUT2D eigenvalue weighted by Crippen LogP contribution is -2.05. The molecule has 0 saturated heterocycles. The van der Waals surface area contributed by atoms with Gasteiger partial charge in [-0.3, -0.25) is 0 Å². The van der Waals surface area contributed by atoms with Crippen molar-refractivity contribution in [2.75, 3.05) is 11.9 Å². The van der Waals surface area contributed by atoms with Crippen LogP contribution in [-0.2, 0) is 6.54 Å². The number of anilines is 1. The van der Waals surface area contributed by atoms with E-state index in [0.29, 0.717) is 13.2 Å². The Labute approximate surface area is 141 Å². The average Bonchev–Trinajstić information content (AvgIpc) is 2.45. The summed E-state index contributed by atoms with van der Waals surface area (Å²) < 4.78 is 20.6. The Balaban J connectivity index is 2.15. The maximum Gasteiger partial charge on any atom is 0.138 e. The van der Waals surface area contributed by atoms with Crippen LogP contribution in [0.25, 0.3) is 0 Å². The van der Waals surface area contributed by atoms with Gasteiger partial charge in [-0.1, -0.05) is 22.9 Å². The van der Waals surface area contributed by atoms with Crippen molar-refractivity contribution in [2.24, 2.45) is 0 Å². The molecular weight excluding hydrogens is 401 g/mol. The second kappa shape index (κ2) is 7.80. The minimum atomic E-state index is -0.238. The van der Waals surface area contributed by atoms with Crippen LogP contribution in [0, 0.1) is 5.82 Å². The zero-order chi connectivity index (χ0) is 15.2. The number of nitrogens with one attached hydrogen (secondary N) is 1. The molecule has 0 aliphatic heterocycles. The van der Waals surface area contributed by atoms with Gasteiger partial charge in [0.25, 0.3) is 0 Å². The van der Waals surface area contributed by atoms with E-state index in [0.717, 1.165) is 32.4 Å². The second-order valence-electron chi connectivity index (χ2n) is 4.58. The minimum Gasteiger partial charge on any atom is -0.492 e. The predicted molar refractivity (Wildman–Crippen MR) is 91.4 cm³/mol. The summed E-state index contributed by atoms with van der Waals surface area (Å²) in [5.41, 5.74) is 1.91. The Morgan fingerprint density at radius 3 is 2.52 bits per heavy atom. The molecule has 0 aromatic heterocycles. The molecule has 2 aromatic rings. The summed E-state index contributed by atoms with van der Waals surface area (Å²) in [6.07, 6.45) is 0.952. The van der Waals surface area contributed by atoms with Gasteiger partial charge in [0.05, 0.1) is 11.1 Å². The smallest absolute Gasteiger partial charge is 0.138 e. The first kappa shape index (κ1) is 16.3. The third-order valence-corrected chi connectivity index (χ3v) is 3.91. The molecule has 5 heteroatoms. The van der Waals surface area contributed by atoms with Crippen LogP contribution in [0.2, 0.25) is 0 Å². The monoisotopic (exact) mass is 415 g/mol. The van der Waals surface area contributed by atoms with Gasteiger partial charge in [0.15, 0.2) is 0 Å². The maximum atomic E-state index is 12.9. The zero-order valence-electron chi connectivity index (χ0n) is 11.6. The molecule has 0 radical (unpaired) electrons. The highest BCUT2D eigenvalue weighted by molar-refractivity contribution is 9.11.